The first-order valence-electron chi connectivity index (χ1n) is 6.33. The standard InChI is InChI=1S/C14H18Br2O2/c1-9-7-13(16)11(8-12(9)15)14(17)5-4-10-3-2-6-18-10/h7-8,10,14,17H,2-6H2,1H3. The summed E-state index contributed by atoms with van der Waals surface area (Å²) in [5.41, 5.74) is 2.11. The van der Waals surface area contributed by atoms with Crippen molar-refractivity contribution >= 4 is 31.9 Å². The van der Waals surface area contributed by atoms with Crippen LogP contribution in [0, 0.1) is 6.92 Å². The molecule has 2 atom stereocenters. The maximum atomic E-state index is 10.3. The lowest BCUT2D eigenvalue weighted by molar-refractivity contribution is 0.0810. The van der Waals surface area contributed by atoms with Crippen molar-refractivity contribution in [3.8, 4) is 0 Å². The molecule has 0 spiro atoms. The first kappa shape index (κ1) is 14.5. The van der Waals surface area contributed by atoms with Crippen LogP contribution in [0.4, 0.5) is 0 Å². The topological polar surface area (TPSA) is 29.5 Å². The van der Waals surface area contributed by atoms with Gasteiger partial charge in [0, 0.05) is 15.6 Å². The lowest BCUT2D eigenvalue weighted by Gasteiger charge is -2.16. The number of aryl methyl sites for hydroxylation is 1. The van der Waals surface area contributed by atoms with Gasteiger partial charge in [0.1, 0.15) is 0 Å². The highest BCUT2D eigenvalue weighted by atomic mass is 79.9. The minimum atomic E-state index is -0.430. The van der Waals surface area contributed by atoms with Gasteiger partial charge in [-0.25, -0.2) is 0 Å². The van der Waals surface area contributed by atoms with E-state index in [9.17, 15) is 5.11 Å². The third-order valence-electron chi connectivity index (χ3n) is 3.42. The molecule has 2 unspecified atom stereocenters. The molecule has 0 amide bonds. The first-order chi connectivity index (χ1) is 8.58. The zero-order chi connectivity index (χ0) is 13.1. The lowest BCUT2D eigenvalue weighted by Crippen LogP contribution is -2.08. The number of aliphatic hydroxyl groups excluding tert-OH is 1. The van der Waals surface area contributed by atoms with Gasteiger partial charge in [0.2, 0.25) is 0 Å². The van der Waals surface area contributed by atoms with E-state index >= 15 is 0 Å². The highest BCUT2D eigenvalue weighted by molar-refractivity contribution is 9.11. The molecule has 1 N–H and O–H groups in total. The fourth-order valence-electron chi connectivity index (χ4n) is 2.29. The molecule has 1 saturated heterocycles. The molecule has 4 heteroatoms. The molecule has 0 bridgehead atoms. The van der Waals surface area contributed by atoms with Gasteiger partial charge in [0.25, 0.3) is 0 Å². The summed E-state index contributed by atoms with van der Waals surface area (Å²) in [5.74, 6) is 0. The third-order valence-corrected chi connectivity index (χ3v) is 4.96. The zero-order valence-electron chi connectivity index (χ0n) is 10.5. The fourth-order valence-corrected chi connectivity index (χ4v) is 3.37. The van der Waals surface area contributed by atoms with Gasteiger partial charge in [-0.3, -0.25) is 0 Å². The van der Waals surface area contributed by atoms with Gasteiger partial charge in [-0.05, 0) is 55.9 Å². The summed E-state index contributed by atoms with van der Waals surface area (Å²) < 4.78 is 7.59. The smallest absolute Gasteiger partial charge is 0.0802 e. The first-order valence-corrected chi connectivity index (χ1v) is 7.91. The van der Waals surface area contributed by atoms with Gasteiger partial charge in [0.05, 0.1) is 12.2 Å². The van der Waals surface area contributed by atoms with E-state index in [2.05, 4.69) is 31.9 Å². The largest absolute Gasteiger partial charge is 0.388 e. The summed E-state index contributed by atoms with van der Waals surface area (Å²) in [6, 6.07) is 4.04. The highest BCUT2D eigenvalue weighted by Crippen LogP contribution is 2.32. The summed E-state index contributed by atoms with van der Waals surface area (Å²) >= 11 is 7.03. The molecule has 0 aliphatic carbocycles. The van der Waals surface area contributed by atoms with Gasteiger partial charge in [-0.1, -0.05) is 31.9 Å². The Labute approximate surface area is 125 Å². The van der Waals surface area contributed by atoms with Crippen LogP contribution in [-0.2, 0) is 4.74 Å². The van der Waals surface area contributed by atoms with E-state index in [4.69, 9.17) is 4.74 Å². The number of rotatable bonds is 4. The predicted molar refractivity (Wildman–Crippen MR) is 79.7 cm³/mol. The van der Waals surface area contributed by atoms with E-state index in [1.54, 1.807) is 0 Å². The maximum absolute atomic E-state index is 10.3. The van der Waals surface area contributed by atoms with Crippen molar-refractivity contribution in [2.24, 2.45) is 0 Å². The van der Waals surface area contributed by atoms with Crippen molar-refractivity contribution in [3.63, 3.8) is 0 Å². The van der Waals surface area contributed by atoms with Crippen LogP contribution in [0.25, 0.3) is 0 Å². The van der Waals surface area contributed by atoms with Gasteiger partial charge < -0.3 is 9.84 Å². The maximum Gasteiger partial charge on any atom is 0.0802 e. The Morgan fingerprint density at radius 2 is 2.17 bits per heavy atom. The van der Waals surface area contributed by atoms with Gasteiger partial charge in [-0.15, -0.1) is 0 Å². The summed E-state index contributed by atoms with van der Waals surface area (Å²) in [5, 5.41) is 10.3. The molecule has 2 rings (SSSR count). The average Bonchev–Trinajstić information content (AvgIpc) is 2.84. The van der Waals surface area contributed by atoms with Crippen LogP contribution in [0.2, 0.25) is 0 Å². The summed E-state index contributed by atoms with van der Waals surface area (Å²) in [6.45, 7) is 2.91. The summed E-state index contributed by atoms with van der Waals surface area (Å²) in [6.07, 6.45) is 3.87. The summed E-state index contributed by atoms with van der Waals surface area (Å²) in [7, 11) is 0. The normalized spacial score (nSPS) is 21.2. The third kappa shape index (κ3) is 3.56. The van der Waals surface area contributed by atoms with E-state index < -0.39 is 6.10 Å². The second-order valence-electron chi connectivity index (χ2n) is 4.85. The highest BCUT2D eigenvalue weighted by Gasteiger charge is 2.19. The minimum Gasteiger partial charge on any atom is -0.388 e. The lowest BCUT2D eigenvalue weighted by atomic mass is 10.0. The Kier molecular flexibility index (Phi) is 5.24. The molecule has 18 heavy (non-hydrogen) atoms. The monoisotopic (exact) mass is 376 g/mol. The van der Waals surface area contributed by atoms with Crippen molar-refractivity contribution < 1.29 is 9.84 Å². The average molecular weight is 378 g/mol. The Morgan fingerprint density at radius 1 is 1.39 bits per heavy atom. The molecule has 0 radical (unpaired) electrons. The summed E-state index contributed by atoms with van der Waals surface area (Å²) in [4.78, 5) is 0. The Balaban J connectivity index is 1.99. The molecular weight excluding hydrogens is 360 g/mol. The SMILES string of the molecule is Cc1cc(Br)c(C(O)CCC2CCCO2)cc1Br. The quantitative estimate of drug-likeness (QED) is 0.836. The van der Waals surface area contributed by atoms with Crippen LogP contribution < -0.4 is 0 Å². The van der Waals surface area contributed by atoms with Crippen LogP contribution in [0.15, 0.2) is 21.1 Å². The van der Waals surface area contributed by atoms with Crippen LogP contribution >= 0.6 is 31.9 Å². The molecule has 1 heterocycles. The van der Waals surface area contributed by atoms with Crippen LogP contribution in [-0.4, -0.2) is 17.8 Å². The van der Waals surface area contributed by atoms with Gasteiger partial charge in [0.15, 0.2) is 0 Å². The van der Waals surface area contributed by atoms with E-state index in [0.717, 1.165) is 52.4 Å². The van der Waals surface area contributed by atoms with Crippen LogP contribution in [0.3, 0.4) is 0 Å². The Bertz CT molecular complexity index is 415. The number of benzene rings is 1. The Hall–Kier alpha value is 0.1000. The minimum absolute atomic E-state index is 0.340. The number of ether oxygens (including phenoxy) is 1. The van der Waals surface area contributed by atoms with Gasteiger partial charge >= 0.3 is 0 Å². The van der Waals surface area contributed by atoms with E-state index in [0.29, 0.717) is 6.10 Å². The van der Waals surface area contributed by atoms with Gasteiger partial charge in [-0.2, -0.15) is 0 Å². The number of aliphatic hydroxyl groups is 1. The zero-order valence-corrected chi connectivity index (χ0v) is 13.6. The van der Waals surface area contributed by atoms with Crippen molar-refractivity contribution in [3.05, 3.63) is 32.2 Å². The second-order valence-corrected chi connectivity index (χ2v) is 6.56. The molecule has 1 aliphatic rings. The molecule has 1 aliphatic heterocycles. The van der Waals surface area contributed by atoms with Crippen molar-refractivity contribution in [1.82, 2.24) is 0 Å². The van der Waals surface area contributed by atoms with Crippen molar-refractivity contribution in [2.75, 3.05) is 6.61 Å². The van der Waals surface area contributed by atoms with Crippen molar-refractivity contribution in [2.45, 2.75) is 44.8 Å². The number of halogens is 2. The molecule has 1 fully saturated rings. The molecule has 1 aromatic carbocycles. The van der Waals surface area contributed by atoms with E-state index in [1.165, 1.54) is 0 Å². The van der Waals surface area contributed by atoms with Crippen molar-refractivity contribution in [1.29, 1.82) is 0 Å². The molecule has 100 valence electrons. The molecule has 0 saturated carbocycles. The van der Waals surface area contributed by atoms with Crippen LogP contribution in [0.5, 0.6) is 0 Å². The van der Waals surface area contributed by atoms with E-state index in [-0.39, 0.29) is 0 Å². The van der Waals surface area contributed by atoms with Crippen LogP contribution in [0.1, 0.15) is 42.9 Å². The number of hydrogen-bond acceptors (Lipinski definition) is 2. The fraction of sp³-hybridized carbons (Fsp3) is 0.571. The van der Waals surface area contributed by atoms with E-state index in [1.807, 2.05) is 19.1 Å². The Morgan fingerprint density at radius 3 is 2.83 bits per heavy atom. The second kappa shape index (κ2) is 6.51. The molecule has 2 nitrogen and oxygen atoms in total. The molecular formula is C14H18Br2O2. The number of hydrogen-bond donors (Lipinski definition) is 1. The predicted octanol–water partition coefficient (Wildman–Crippen LogP) is 4.51. The molecule has 0 aromatic heterocycles. The molecule has 1 aromatic rings.